The van der Waals surface area contributed by atoms with Gasteiger partial charge < -0.3 is 11.1 Å². The summed E-state index contributed by atoms with van der Waals surface area (Å²) in [5, 5.41) is 9.71. The smallest absolute Gasteiger partial charge is 0.248 e. The molecule has 1 atom stereocenters. The Morgan fingerprint density at radius 3 is 2.79 bits per heavy atom. The molecule has 0 saturated heterocycles. The van der Waals surface area contributed by atoms with Crippen molar-refractivity contribution in [2.24, 2.45) is 5.73 Å². The number of rotatable bonds is 3. The number of hydrogen-bond acceptors (Lipinski definition) is 6. The Hall–Kier alpha value is -3.00. The van der Waals surface area contributed by atoms with Gasteiger partial charge in [-0.05, 0) is 36.1 Å². The molecule has 0 fully saturated rings. The van der Waals surface area contributed by atoms with E-state index in [0.717, 1.165) is 10.4 Å². The summed E-state index contributed by atoms with van der Waals surface area (Å²) in [4.78, 5) is 21.6. The number of amides is 1. The first-order chi connectivity index (χ1) is 11.6. The van der Waals surface area contributed by atoms with Crippen molar-refractivity contribution in [2.45, 2.75) is 13.0 Å². The van der Waals surface area contributed by atoms with Gasteiger partial charge >= 0.3 is 0 Å². The molecule has 0 bridgehead atoms. The van der Waals surface area contributed by atoms with Gasteiger partial charge in [0.2, 0.25) is 11.9 Å². The van der Waals surface area contributed by atoms with Crippen molar-refractivity contribution < 1.29 is 4.79 Å². The molecule has 0 aliphatic carbocycles. The van der Waals surface area contributed by atoms with Crippen molar-refractivity contribution in [3.8, 4) is 10.7 Å². The number of allylic oxidation sites excluding steroid dienone is 1. The molecule has 24 heavy (non-hydrogen) atoms. The topological polar surface area (TPSA) is 98.7 Å². The Morgan fingerprint density at radius 2 is 2.12 bits per heavy atom. The highest BCUT2D eigenvalue weighted by molar-refractivity contribution is 7.13. The third-order valence-corrected chi connectivity index (χ3v) is 4.75. The number of thiophene rings is 1. The molecule has 3 aromatic rings. The van der Waals surface area contributed by atoms with Crippen LogP contribution in [0.4, 0.5) is 5.95 Å². The van der Waals surface area contributed by atoms with Crippen LogP contribution in [0.2, 0.25) is 0 Å². The van der Waals surface area contributed by atoms with E-state index in [2.05, 4.69) is 20.4 Å². The molecule has 3 aromatic heterocycles. The fraction of sp³-hybridized carbons (Fsp3) is 0.125. The van der Waals surface area contributed by atoms with Crippen LogP contribution in [0.25, 0.3) is 10.7 Å². The number of nitrogens with zero attached hydrogens (tertiary/aromatic N) is 4. The number of nitrogens with one attached hydrogen (secondary N) is 1. The molecule has 0 spiro atoms. The molecule has 8 heteroatoms. The lowest BCUT2D eigenvalue weighted by atomic mass is 9.96. The molecule has 0 radical (unpaired) electrons. The Bertz CT molecular complexity index is 929. The summed E-state index contributed by atoms with van der Waals surface area (Å²) in [5.41, 5.74) is 7.66. The van der Waals surface area contributed by atoms with Crippen molar-refractivity contribution in [1.82, 2.24) is 19.7 Å². The molecule has 0 aromatic carbocycles. The van der Waals surface area contributed by atoms with Crippen molar-refractivity contribution in [3.63, 3.8) is 0 Å². The first-order valence-electron chi connectivity index (χ1n) is 7.33. The molecule has 1 aliphatic rings. The molecule has 3 N–H and O–H groups in total. The van der Waals surface area contributed by atoms with E-state index in [9.17, 15) is 4.79 Å². The Kier molecular flexibility index (Phi) is 3.39. The zero-order chi connectivity index (χ0) is 16.7. The van der Waals surface area contributed by atoms with Crippen LogP contribution in [-0.2, 0) is 4.79 Å². The van der Waals surface area contributed by atoms with Crippen LogP contribution in [-0.4, -0.2) is 25.7 Å². The second-order valence-corrected chi connectivity index (χ2v) is 6.34. The molecule has 0 unspecified atom stereocenters. The minimum absolute atomic E-state index is 0.428. The van der Waals surface area contributed by atoms with Gasteiger partial charge in [-0.1, -0.05) is 6.07 Å². The Balaban J connectivity index is 1.90. The van der Waals surface area contributed by atoms with E-state index in [0.29, 0.717) is 23.0 Å². The molecule has 4 rings (SSSR count). The number of fused-ring (bicyclic) bond motifs is 1. The molecule has 1 amide bonds. The number of hydrogen-bond donors (Lipinski definition) is 2. The van der Waals surface area contributed by atoms with E-state index in [1.54, 1.807) is 28.4 Å². The van der Waals surface area contributed by atoms with Gasteiger partial charge in [0.25, 0.3) is 0 Å². The van der Waals surface area contributed by atoms with E-state index >= 15 is 0 Å². The van der Waals surface area contributed by atoms with Crippen LogP contribution >= 0.6 is 11.3 Å². The van der Waals surface area contributed by atoms with Crippen molar-refractivity contribution in [1.29, 1.82) is 0 Å². The standard InChI is InChI=1S/C16H14N6OS/c1-9-12(14(17)23)13(10-4-6-18-7-5-10)22-16(19-9)20-15(21-22)11-3-2-8-24-11/h2-8,13H,1H3,(H2,17,23)(H,19,20,21)/t13-/m1/s1. The second-order valence-electron chi connectivity index (χ2n) is 5.39. The molecule has 7 nitrogen and oxygen atoms in total. The fourth-order valence-corrected chi connectivity index (χ4v) is 3.49. The minimum atomic E-state index is -0.486. The zero-order valence-corrected chi connectivity index (χ0v) is 13.6. The van der Waals surface area contributed by atoms with Gasteiger partial charge in [-0.25, -0.2) is 4.68 Å². The predicted octanol–water partition coefficient (Wildman–Crippen LogP) is 2.18. The number of pyridine rings is 1. The number of aromatic nitrogens is 4. The van der Waals surface area contributed by atoms with Crippen LogP contribution in [0.5, 0.6) is 0 Å². The van der Waals surface area contributed by atoms with Crippen LogP contribution in [0, 0.1) is 0 Å². The largest absolute Gasteiger partial charge is 0.366 e. The highest BCUT2D eigenvalue weighted by Crippen LogP contribution is 2.36. The van der Waals surface area contributed by atoms with Gasteiger partial charge in [-0.15, -0.1) is 16.4 Å². The van der Waals surface area contributed by atoms with Crippen LogP contribution in [0.15, 0.2) is 53.3 Å². The fourth-order valence-electron chi connectivity index (χ4n) is 2.83. The number of nitrogens with two attached hydrogens (primary N) is 1. The van der Waals surface area contributed by atoms with E-state index in [-0.39, 0.29) is 0 Å². The summed E-state index contributed by atoms with van der Waals surface area (Å²) in [7, 11) is 0. The van der Waals surface area contributed by atoms with Gasteiger partial charge in [-0.3, -0.25) is 9.78 Å². The summed E-state index contributed by atoms with van der Waals surface area (Å²) >= 11 is 1.56. The lowest BCUT2D eigenvalue weighted by Gasteiger charge is -2.27. The van der Waals surface area contributed by atoms with Crippen molar-refractivity contribution >= 4 is 23.2 Å². The van der Waals surface area contributed by atoms with Gasteiger partial charge in [-0.2, -0.15) is 4.98 Å². The maximum atomic E-state index is 12.0. The van der Waals surface area contributed by atoms with E-state index in [1.807, 2.05) is 36.6 Å². The van der Waals surface area contributed by atoms with Crippen molar-refractivity contribution in [2.75, 3.05) is 5.32 Å². The maximum absolute atomic E-state index is 12.0. The van der Waals surface area contributed by atoms with Crippen molar-refractivity contribution in [3.05, 3.63) is 58.9 Å². The summed E-state index contributed by atoms with van der Waals surface area (Å²) < 4.78 is 1.71. The molecule has 1 aliphatic heterocycles. The molecule has 120 valence electrons. The third-order valence-electron chi connectivity index (χ3n) is 3.88. The molecular formula is C16H14N6OS. The predicted molar refractivity (Wildman–Crippen MR) is 91.2 cm³/mol. The van der Waals surface area contributed by atoms with E-state index in [1.165, 1.54) is 0 Å². The van der Waals surface area contributed by atoms with Crippen LogP contribution in [0.3, 0.4) is 0 Å². The maximum Gasteiger partial charge on any atom is 0.248 e. The first kappa shape index (κ1) is 14.6. The monoisotopic (exact) mass is 338 g/mol. The number of anilines is 1. The molecule has 4 heterocycles. The van der Waals surface area contributed by atoms with E-state index < -0.39 is 11.9 Å². The summed E-state index contributed by atoms with van der Waals surface area (Å²) in [6.07, 6.45) is 3.37. The quantitative estimate of drug-likeness (QED) is 0.762. The lowest BCUT2D eigenvalue weighted by molar-refractivity contribution is -0.115. The molecular weight excluding hydrogens is 324 g/mol. The van der Waals surface area contributed by atoms with Gasteiger partial charge in [0.05, 0.1) is 10.5 Å². The molecule has 0 saturated carbocycles. The average Bonchev–Trinajstić information content (AvgIpc) is 3.23. The van der Waals surface area contributed by atoms with Gasteiger partial charge in [0, 0.05) is 18.1 Å². The van der Waals surface area contributed by atoms with Gasteiger partial charge in [0.15, 0.2) is 5.82 Å². The highest BCUT2D eigenvalue weighted by atomic mass is 32.1. The zero-order valence-electron chi connectivity index (χ0n) is 12.8. The van der Waals surface area contributed by atoms with Crippen LogP contribution < -0.4 is 11.1 Å². The third kappa shape index (κ3) is 2.28. The highest BCUT2D eigenvalue weighted by Gasteiger charge is 2.33. The Morgan fingerprint density at radius 1 is 1.33 bits per heavy atom. The Labute approximate surface area is 141 Å². The number of carbonyl (C=O) groups is 1. The summed E-state index contributed by atoms with van der Waals surface area (Å²) in [6.45, 7) is 1.82. The summed E-state index contributed by atoms with van der Waals surface area (Å²) in [5.74, 6) is 0.716. The lowest BCUT2D eigenvalue weighted by Crippen LogP contribution is -2.31. The minimum Gasteiger partial charge on any atom is -0.366 e. The summed E-state index contributed by atoms with van der Waals surface area (Å²) in [6, 6.07) is 7.18. The van der Waals surface area contributed by atoms with Crippen LogP contribution in [0.1, 0.15) is 18.5 Å². The second kappa shape index (κ2) is 5.57. The number of primary amides is 1. The first-order valence-corrected chi connectivity index (χ1v) is 8.21. The average molecular weight is 338 g/mol. The normalized spacial score (nSPS) is 16.6. The van der Waals surface area contributed by atoms with E-state index in [4.69, 9.17) is 5.73 Å². The SMILES string of the molecule is CC1=C(C(N)=O)[C@@H](c2ccncc2)n2nc(-c3cccs3)nc2N1. The number of carbonyl (C=O) groups excluding carboxylic acids is 1. The van der Waals surface area contributed by atoms with Gasteiger partial charge in [0.1, 0.15) is 6.04 Å².